The first-order chi connectivity index (χ1) is 19.9. The summed E-state index contributed by atoms with van der Waals surface area (Å²) in [5.41, 5.74) is 1.89. The molecule has 3 aromatic carbocycles. The second-order valence-corrected chi connectivity index (χ2v) is 12.3. The van der Waals surface area contributed by atoms with Crippen LogP contribution in [0.5, 0.6) is 23.0 Å². The van der Waals surface area contributed by atoms with Gasteiger partial charge in [0, 0.05) is 20.0 Å². The molecule has 3 rings (SSSR count). The smallest absolute Gasteiger partial charge is 0.311 e. The molecule has 42 heavy (non-hydrogen) atoms. The standard InChI is InChI=1S/C32H35Br2NO7/c1-32(2,3)35-19-27(36)22-8-13-28(41-30(37)14-9-20-6-11-23(39-4)17-25(20)33)29(16-22)42-31(38)15-10-21-7-12-24(40-5)18-26(21)34/h6-8,11-13,16-18,35H,9-10,14-15,19H2,1-5H3. The molecule has 0 saturated carbocycles. The summed E-state index contributed by atoms with van der Waals surface area (Å²) < 4.78 is 23.3. The molecular weight excluding hydrogens is 670 g/mol. The summed E-state index contributed by atoms with van der Waals surface area (Å²) in [7, 11) is 3.17. The Balaban J connectivity index is 1.74. The number of carbonyl (C=O) groups excluding carboxylic acids is 3. The van der Waals surface area contributed by atoms with Gasteiger partial charge in [-0.15, -0.1) is 0 Å². The first-order valence-electron chi connectivity index (χ1n) is 13.4. The van der Waals surface area contributed by atoms with Crippen molar-refractivity contribution in [2.24, 2.45) is 0 Å². The maximum atomic E-state index is 12.9. The van der Waals surface area contributed by atoms with Gasteiger partial charge in [-0.3, -0.25) is 14.4 Å². The van der Waals surface area contributed by atoms with Crippen molar-refractivity contribution in [3.63, 3.8) is 0 Å². The van der Waals surface area contributed by atoms with Crippen LogP contribution >= 0.6 is 31.9 Å². The summed E-state index contributed by atoms with van der Waals surface area (Å²) in [5.74, 6) is 0.238. The molecule has 3 aromatic rings. The van der Waals surface area contributed by atoms with Gasteiger partial charge < -0.3 is 24.3 Å². The zero-order chi connectivity index (χ0) is 30.9. The molecule has 8 nitrogen and oxygen atoms in total. The molecule has 0 saturated heterocycles. The number of ketones is 1. The maximum Gasteiger partial charge on any atom is 0.311 e. The van der Waals surface area contributed by atoms with Crippen molar-refractivity contribution in [2.75, 3.05) is 20.8 Å². The molecule has 0 radical (unpaired) electrons. The predicted molar refractivity (Wildman–Crippen MR) is 168 cm³/mol. The topological polar surface area (TPSA) is 100 Å². The molecule has 1 N–H and O–H groups in total. The molecule has 10 heteroatoms. The number of hydrogen-bond donors (Lipinski definition) is 1. The predicted octanol–water partition coefficient (Wildman–Crippen LogP) is 6.88. The Morgan fingerprint density at radius 3 is 1.67 bits per heavy atom. The van der Waals surface area contributed by atoms with Gasteiger partial charge in [0.15, 0.2) is 17.3 Å². The lowest BCUT2D eigenvalue weighted by Gasteiger charge is -2.20. The Hall–Kier alpha value is -3.21. The highest BCUT2D eigenvalue weighted by Crippen LogP contribution is 2.31. The molecule has 0 bridgehead atoms. The van der Waals surface area contributed by atoms with Gasteiger partial charge in [-0.05, 0) is 87.2 Å². The minimum atomic E-state index is -0.533. The minimum Gasteiger partial charge on any atom is -0.497 e. The molecule has 0 aliphatic rings. The van der Waals surface area contributed by atoms with Crippen LogP contribution in [0.25, 0.3) is 0 Å². The average molecular weight is 705 g/mol. The highest BCUT2D eigenvalue weighted by molar-refractivity contribution is 9.10. The molecule has 0 amide bonds. The number of halogens is 2. The van der Waals surface area contributed by atoms with E-state index in [4.69, 9.17) is 18.9 Å². The van der Waals surface area contributed by atoms with Crippen LogP contribution in [0.3, 0.4) is 0 Å². The summed E-state index contributed by atoms with van der Waals surface area (Å²) in [6.07, 6.45) is 0.973. The molecule has 0 unspecified atom stereocenters. The summed E-state index contributed by atoms with van der Waals surface area (Å²) in [6, 6.07) is 15.5. The van der Waals surface area contributed by atoms with Crippen molar-refractivity contribution in [2.45, 2.75) is 52.0 Å². The van der Waals surface area contributed by atoms with Crippen molar-refractivity contribution in [1.82, 2.24) is 5.32 Å². The van der Waals surface area contributed by atoms with Crippen LogP contribution in [0, 0.1) is 0 Å². The van der Waals surface area contributed by atoms with Gasteiger partial charge in [0.2, 0.25) is 0 Å². The molecule has 0 fully saturated rings. The molecule has 224 valence electrons. The number of benzene rings is 3. The van der Waals surface area contributed by atoms with E-state index in [1.165, 1.54) is 12.1 Å². The highest BCUT2D eigenvalue weighted by atomic mass is 79.9. The Bertz CT molecular complexity index is 1430. The van der Waals surface area contributed by atoms with E-state index >= 15 is 0 Å². The molecule has 0 spiro atoms. The Labute approximate surface area is 263 Å². The quantitative estimate of drug-likeness (QED) is 0.117. The highest BCUT2D eigenvalue weighted by Gasteiger charge is 2.19. The third-order valence-electron chi connectivity index (χ3n) is 6.21. The van der Waals surface area contributed by atoms with Gasteiger partial charge >= 0.3 is 11.9 Å². The van der Waals surface area contributed by atoms with E-state index in [1.807, 2.05) is 57.2 Å². The molecule has 0 aromatic heterocycles. The van der Waals surface area contributed by atoms with Crippen molar-refractivity contribution < 1.29 is 33.3 Å². The average Bonchev–Trinajstić information content (AvgIpc) is 2.94. The van der Waals surface area contributed by atoms with E-state index in [0.29, 0.717) is 29.9 Å². The number of rotatable bonds is 13. The third kappa shape index (κ3) is 10.3. The van der Waals surface area contributed by atoms with E-state index in [2.05, 4.69) is 37.2 Å². The third-order valence-corrected chi connectivity index (χ3v) is 7.69. The summed E-state index contributed by atoms with van der Waals surface area (Å²) in [6.45, 7) is 5.98. The summed E-state index contributed by atoms with van der Waals surface area (Å²) >= 11 is 7.00. The van der Waals surface area contributed by atoms with Crippen LogP contribution in [0.1, 0.15) is 55.1 Å². The number of esters is 2. The Morgan fingerprint density at radius 2 is 1.21 bits per heavy atom. The van der Waals surface area contributed by atoms with Gasteiger partial charge in [-0.25, -0.2) is 0 Å². The van der Waals surface area contributed by atoms with E-state index in [-0.39, 0.29) is 42.2 Å². The Morgan fingerprint density at radius 1 is 0.714 bits per heavy atom. The number of Topliss-reactive ketones (excluding diaryl/α,β-unsaturated/α-hetero) is 1. The molecule has 0 atom stereocenters. The van der Waals surface area contributed by atoms with Crippen molar-refractivity contribution in [3.8, 4) is 23.0 Å². The fourth-order valence-corrected chi connectivity index (χ4v) is 4.94. The number of ether oxygens (including phenoxy) is 4. The SMILES string of the molecule is COc1ccc(CCC(=O)Oc2ccc(C(=O)CNC(C)(C)C)cc2OC(=O)CCc2ccc(OC)cc2Br)c(Br)c1. The zero-order valence-electron chi connectivity index (χ0n) is 24.3. The van der Waals surface area contributed by atoms with Gasteiger partial charge in [-0.1, -0.05) is 44.0 Å². The number of methoxy groups -OCH3 is 2. The summed E-state index contributed by atoms with van der Waals surface area (Å²) in [4.78, 5) is 38.5. The minimum absolute atomic E-state index is 0.00869. The van der Waals surface area contributed by atoms with Crippen LogP contribution in [-0.4, -0.2) is 44.0 Å². The van der Waals surface area contributed by atoms with Crippen molar-refractivity contribution in [1.29, 1.82) is 0 Å². The molecule has 0 aliphatic heterocycles. The van der Waals surface area contributed by atoms with Crippen LogP contribution in [0.4, 0.5) is 0 Å². The lowest BCUT2D eigenvalue weighted by molar-refractivity contribution is -0.137. The van der Waals surface area contributed by atoms with Crippen LogP contribution < -0.4 is 24.3 Å². The lowest BCUT2D eigenvalue weighted by Crippen LogP contribution is -2.39. The number of carbonyl (C=O) groups is 3. The second kappa shape index (κ2) is 15.3. The van der Waals surface area contributed by atoms with Crippen LogP contribution in [0.15, 0.2) is 63.5 Å². The van der Waals surface area contributed by atoms with Crippen LogP contribution in [-0.2, 0) is 22.4 Å². The normalized spacial score (nSPS) is 11.1. The van der Waals surface area contributed by atoms with Crippen molar-refractivity contribution in [3.05, 3.63) is 80.2 Å². The van der Waals surface area contributed by atoms with Gasteiger partial charge in [0.25, 0.3) is 0 Å². The van der Waals surface area contributed by atoms with E-state index in [9.17, 15) is 14.4 Å². The number of hydrogen-bond acceptors (Lipinski definition) is 8. The van der Waals surface area contributed by atoms with Gasteiger partial charge in [0.05, 0.1) is 33.6 Å². The van der Waals surface area contributed by atoms with Gasteiger partial charge in [0.1, 0.15) is 11.5 Å². The molecule has 0 heterocycles. The molecule has 0 aliphatic carbocycles. The first kappa shape index (κ1) is 33.3. The van der Waals surface area contributed by atoms with E-state index in [1.54, 1.807) is 20.3 Å². The Kier molecular flexibility index (Phi) is 12.1. The second-order valence-electron chi connectivity index (χ2n) is 10.6. The summed E-state index contributed by atoms with van der Waals surface area (Å²) in [5, 5.41) is 3.16. The van der Waals surface area contributed by atoms with E-state index in [0.717, 1.165) is 20.1 Å². The van der Waals surface area contributed by atoms with Crippen LogP contribution in [0.2, 0.25) is 0 Å². The first-order valence-corrected chi connectivity index (χ1v) is 15.0. The zero-order valence-corrected chi connectivity index (χ0v) is 27.5. The fourth-order valence-electron chi connectivity index (χ4n) is 3.83. The maximum absolute atomic E-state index is 12.9. The monoisotopic (exact) mass is 703 g/mol. The number of aryl methyl sites for hydroxylation is 2. The molecular formula is C32H35Br2NO7. The largest absolute Gasteiger partial charge is 0.497 e. The number of nitrogens with one attached hydrogen (secondary N) is 1. The van der Waals surface area contributed by atoms with Gasteiger partial charge in [-0.2, -0.15) is 0 Å². The fraction of sp³-hybridized carbons (Fsp3) is 0.344. The van der Waals surface area contributed by atoms with E-state index < -0.39 is 11.9 Å². The lowest BCUT2D eigenvalue weighted by atomic mass is 10.1. The van der Waals surface area contributed by atoms with Crippen molar-refractivity contribution >= 4 is 49.6 Å².